The fraction of sp³-hybridized carbons (Fsp3) is 0.231. The van der Waals surface area contributed by atoms with Crippen molar-refractivity contribution in [3.05, 3.63) is 48.3 Å². The zero-order valence-corrected chi connectivity index (χ0v) is 10.5. The van der Waals surface area contributed by atoms with Gasteiger partial charge in [-0.2, -0.15) is 5.10 Å². The lowest BCUT2D eigenvalue weighted by Gasteiger charge is -2.15. The first kappa shape index (κ1) is 14.0. The number of anilines is 1. The summed E-state index contributed by atoms with van der Waals surface area (Å²) >= 11 is 0. The maximum Gasteiger partial charge on any atom is 0.257 e. The van der Waals surface area contributed by atoms with Gasteiger partial charge in [0.25, 0.3) is 6.43 Å². The molecule has 1 aromatic carbocycles. The quantitative estimate of drug-likeness (QED) is 0.847. The molecule has 0 saturated carbocycles. The molecule has 2 rings (SSSR count). The molecule has 3 N–H and O–H groups in total. The van der Waals surface area contributed by atoms with Crippen LogP contribution in [0.4, 0.5) is 14.5 Å². The van der Waals surface area contributed by atoms with E-state index in [-0.39, 0.29) is 0 Å². The molecule has 0 aliphatic rings. The molecule has 0 radical (unpaired) electrons. The molecule has 0 unspecified atom stereocenters. The normalized spacial score (nSPS) is 12.3. The third-order valence-electron chi connectivity index (χ3n) is 2.69. The lowest BCUT2D eigenvalue weighted by Crippen LogP contribution is -2.27. The number of aromatic nitrogens is 2. The number of benzene rings is 1. The van der Waals surface area contributed by atoms with Crippen molar-refractivity contribution >= 4 is 11.6 Å². The second kappa shape index (κ2) is 6.14. The van der Waals surface area contributed by atoms with Gasteiger partial charge in [0.2, 0.25) is 5.91 Å². The highest BCUT2D eigenvalue weighted by molar-refractivity contribution is 5.84. The molecule has 0 spiro atoms. The second-order valence-corrected chi connectivity index (χ2v) is 4.23. The molecule has 0 saturated heterocycles. The molecular weight excluding hydrogens is 266 g/mol. The number of nitrogens with one attached hydrogen (secondary N) is 1. The van der Waals surface area contributed by atoms with Gasteiger partial charge in [0, 0.05) is 6.20 Å². The molecule has 1 atom stereocenters. The Balaban J connectivity index is 2.13. The number of hydrogen-bond acceptors (Lipinski definition) is 3. The minimum absolute atomic E-state index is 0.457. The fourth-order valence-electron chi connectivity index (χ4n) is 1.81. The van der Waals surface area contributed by atoms with Crippen LogP contribution in [0.15, 0.2) is 42.7 Å². The predicted octanol–water partition coefficient (Wildman–Crippen LogP) is 1.79. The smallest absolute Gasteiger partial charge is 0.257 e. The number of halogens is 2. The molecule has 1 heterocycles. The van der Waals surface area contributed by atoms with E-state index < -0.39 is 24.9 Å². The monoisotopic (exact) mass is 280 g/mol. The Bertz CT molecular complexity index is 571. The van der Waals surface area contributed by atoms with Crippen molar-refractivity contribution in [2.24, 2.45) is 5.73 Å². The van der Waals surface area contributed by atoms with Gasteiger partial charge in [-0.05, 0) is 5.56 Å². The minimum atomic E-state index is -2.48. The maximum atomic E-state index is 12.2. The fourth-order valence-corrected chi connectivity index (χ4v) is 1.81. The van der Waals surface area contributed by atoms with Crippen molar-refractivity contribution in [3.63, 3.8) is 0 Å². The van der Waals surface area contributed by atoms with E-state index in [4.69, 9.17) is 5.73 Å². The number of amides is 1. The third-order valence-corrected chi connectivity index (χ3v) is 2.69. The van der Waals surface area contributed by atoms with E-state index in [9.17, 15) is 13.6 Å². The summed E-state index contributed by atoms with van der Waals surface area (Å²) in [7, 11) is 0. The number of carbonyl (C=O) groups excluding carboxylic acids is 1. The van der Waals surface area contributed by atoms with Crippen LogP contribution in [0, 0.1) is 0 Å². The van der Waals surface area contributed by atoms with Gasteiger partial charge in [-0.3, -0.25) is 9.48 Å². The van der Waals surface area contributed by atoms with Gasteiger partial charge in [0.05, 0.1) is 11.9 Å². The molecule has 7 heteroatoms. The van der Waals surface area contributed by atoms with Crippen LogP contribution < -0.4 is 11.1 Å². The van der Waals surface area contributed by atoms with Gasteiger partial charge >= 0.3 is 0 Å². The Hall–Kier alpha value is -2.44. The third kappa shape index (κ3) is 3.53. The average molecular weight is 280 g/mol. The molecular formula is C13H14F2N4O. The van der Waals surface area contributed by atoms with Gasteiger partial charge in [-0.1, -0.05) is 30.3 Å². The predicted molar refractivity (Wildman–Crippen MR) is 70.2 cm³/mol. The van der Waals surface area contributed by atoms with E-state index >= 15 is 0 Å². The SMILES string of the molecule is NC(=O)[C@H](Nc1cnn(CC(F)F)c1)c1ccccc1. The summed E-state index contributed by atoms with van der Waals surface area (Å²) in [5.41, 5.74) is 6.51. The highest BCUT2D eigenvalue weighted by atomic mass is 19.3. The van der Waals surface area contributed by atoms with Gasteiger partial charge in [0.15, 0.2) is 0 Å². The van der Waals surface area contributed by atoms with Crippen molar-refractivity contribution in [3.8, 4) is 0 Å². The molecule has 0 aliphatic heterocycles. The molecule has 106 valence electrons. The number of primary amides is 1. The first-order valence-electron chi connectivity index (χ1n) is 5.97. The number of carbonyl (C=O) groups is 1. The second-order valence-electron chi connectivity index (χ2n) is 4.23. The number of nitrogens with two attached hydrogens (primary N) is 1. The lowest BCUT2D eigenvalue weighted by molar-refractivity contribution is -0.118. The van der Waals surface area contributed by atoms with Crippen LogP contribution in [0.2, 0.25) is 0 Å². The van der Waals surface area contributed by atoms with Crippen LogP contribution in [-0.4, -0.2) is 22.1 Å². The number of nitrogens with zero attached hydrogens (tertiary/aromatic N) is 2. The largest absolute Gasteiger partial charge is 0.368 e. The van der Waals surface area contributed by atoms with Crippen LogP contribution in [0.1, 0.15) is 11.6 Å². The Labute approximate surface area is 114 Å². The standard InChI is InChI=1S/C13H14F2N4O/c14-11(15)8-19-7-10(6-17-19)18-12(13(16)20)9-4-2-1-3-5-9/h1-7,11-12,18H,8H2,(H2,16,20)/t12-/m1/s1. The van der Waals surface area contributed by atoms with Crippen LogP contribution in [0.5, 0.6) is 0 Å². The highest BCUT2D eigenvalue weighted by Gasteiger charge is 2.18. The molecule has 0 fully saturated rings. The van der Waals surface area contributed by atoms with Crippen molar-refractivity contribution in [1.82, 2.24) is 9.78 Å². The van der Waals surface area contributed by atoms with Crippen LogP contribution in [0.25, 0.3) is 0 Å². The number of alkyl halides is 2. The lowest BCUT2D eigenvalue weighted by atomic mass is 10.1. The van der Waals surface area contributed by atoms with Crippen molar-refractivity contribution < 1.29 is 13.6 Å². The molecule has 0 aliphatic carbocycles. The topological polar surface area (TPSA) is 72.9 Å². The zero-order chi connectivity index (χ0) is 14.5. The average Bonchev–Trinajstić information content (AvgIpc) is 2.83. The number of rotatable bonds is 6. The van der Waals surface area contributed by atoms with E-state index in [0.717, 1.165) is 4.68 Å². The van der Waals surface area contributed by atoms with Gasteiger partial charge < -0.3 is 11.1 Å². The van der Waals surface area contributed by atoms with Crippen LogP contribution in [0.3, 0.4) is 0 Å². The van der Waals surface area contributed by atoms with Crippen molar-refractivity contribution in [1.29, 1.82) is 0 Å². The molecule has 1 amide bonds. The van der Waals surface area contributed by atoms with Crippen LogP contribution in [-0.2, 0) is 11.3 Å². The Morgan fingerprint density at radius 1 is 1.35 bits per heavy atom. The first-order chi connectivity index (χ1) is 9.56. The molecule has 5 nitrogen and oxygen atoms in total. The first-order valence-corrected chi connectivity index (χ1v) is 5.97. The van der Waals surface area contributed by atoms with Gasteiger partial charge in [-0.25, -0.2) is 8.78 Å². The summed E-state index contributed by atoms with van der Waals surface area (Å²) in [6.45, 7) is -0.492. The molecule has 1 aromatic heterocycles. The van der Waals surface area contributed by atoms with Gasteiger partial charge in [0.1, 0.15) is 12.6 Å². The van der Waals surface area contributed by atoms with Gasteiger partial charge in [-0.15, -0.1) is 0 Å². The Morgan fingerprint density at radius 3 is 2.65 bits per heavy atom. The van der Waals surface area contributed by atoms with E-state index in [1.807, 2.05) is 6.07 Å². The van der Waals surface area contributed by atoms with Crippen molar-refractivity contribution in [2.45, 2.75) is 19.0 Å². The zero-order valence-electron chi connectivity index (χ0n) is 10.5. The summed E-state index contributed by atoms with van der Waals surface area (Å²) in [6, 6.07) is 8.17. The molecule has 0 bridgehead atoms. The summed E-state index contributed by atoms with van der Waals surface area (Å²) < 4.78 is 25.6. The van der Waals surface area contributed by atoms with E-state index in [1.54, 1.807) is 24.3 Å². The highest BCUT2D eigenvalue weighted by Crippen LogP contribution is 2.19. The molecule has 2 aromatic rings. The number of hydrogen-bond donors (Lipinski definition) is 2. The van der Waals surface area contributed by atoms with Crippen LogP contribution >= 0.6 is 0 Å². The summed E-state index contributed by atoms with van der Waals surface area (Å²) in [5.74, 6) is -0.558. The maximum absolute atomic E-state index is 12.2. The molecule has 20 heavy (non-hydrogen) atoms. The summed E-state index contributed by atoms with van der Waals surface area (Å²) in [6.07, 6.45) is 0.301. The summed E-state index contributed by atoms with van der Waals surface area (Å²) in [4.78, 5) is 11.5. The van der Waals surface area contributed by atoms with E-state index in [2.05, 4.69) is 10.4 Å². The van der Waals surface area contributed by atoms with E-state index in [1.165, 1.54) is 12.4 Å². The summed E-state index contributed by atoms with van der Waals surface area (Å²) in [5, 5.41) is 6.67. The van der Waals surface area contributed by atoms with E-state index in [0.29, 0.717) is 11.3 Å². The Kier molecular flexibility index (Phi) is 4.29. The minimum Gasteiger partial charge on any atom is -0.368 e. The van der Waals surface area contributed by atoms with Crippen molar-refractivity contribution in [2.75, 3.05) is 5.32 Å². The Morgan fingerprint density at radius 2 is 2.05 bits per heavy atom.